The molecule has 6 nitrogen and oxygen atoms in total. The van der Waals surface area contributed by atoms with Crippen molar-refractivity contribution in [2.24, 2.45) is 10.7 Å². The second-order valence-corrected chi connectivity index (χ2v) is 6.04. The van der Waals surface area contributed by atoms with Crippen molar-refractivity contribution in [2.75, 3.05) is 31.7 Å². The van der Waals surface area contributed by atoms with Crippen LogP contribution in [-0.4, -0.2) is 38.4 Å². The lowest BCUT2D eigenvalue weighted by molar-refractivity contribution is 0.0424. The molecular formula is C20H26IN3O3. The number of halogens is 1. The van der Waals surface area contributed by atoms with Gasteiger partial charge in [-0.3, -0.25) is 4.99 Å². The number of para-hydroxylation sites is 1. The summed E-state index contributed by atoms with van der Waals surface area (Å²) >= 11 is 0. The third-order valence-electron chi connectivity index (χ3n) is 3.91. The van der Waals surface area contributed by atoms with E-state index >= 15 is 0 Å². The molecule has 7 heteroatoms. The molecular weight excluding hydrogens is 457 g/mol. The highest BCUT2D eigenvalue weighted by Crippen LogP contribution is 2.23. The second-order valence-electron chi connectivity index (χ2n) is 6.04. The number of guanidine groups is 1. The van der Waals surface area contributed by atoms with Crippen LogP contribution in [-0.2, 0) is 9.47 Å². The van der Waals surface area contributed by atoms with E-state index in [9.17, 15) is 0 Å². The van der Waals surface area contributed by atoms with Crippen molar-refractivity contribution in [3.05, 3.63) is 54.6 Å². The standard InChI is InChI=1S/C20H25N3O3.HI/c21-20(22-11-5-12-25-19-10-13-24-15-19)23-16-6-4-9-18(14-16)26-17-7-2-1-3-8-17;/h1-4,6-9,14,19H,5,10-13,15H2,(H3,21,22,23);1H. The van der Waals surface area contributed by atoms with Crippen molar-refractivity contribution in [1.29, 1.82) is 0 Å². The van der Waals surface area contributed by atoms with Gasteiger partial charge in [0.1, 0.15) is 11.5 Å². The van der Waals surface area contributed by atoms with Crippen molar-refractivity contribution in [2.45, 2.75) is 18.9 Å². The molecule has 3 rings (SSSR count). The summed E-state index contributed by atoms with van der Waals surface area (Å²) < 4.78 is 16.8. The first-order valence-electron chi connectivity index (χ1n) is 8.89. The van der Waals surface area contributed by atoms with Crippen LogP contribution in [0.5, 0.6) is 11.5 Å². The fourth-order valence-corrected chi connectivity index (χ4v) is 2.61. The molecule has 1 heterocycles. The maximum absolute atomic E-state index is 5.95. The van der Waals surface area contributed by atoms with E-state index in [2.05, 4.69) is 10.3 Å². The number of nitrogens with two attached hydrogens (primary N) is 1. The molecule has 0 amide bonds. The van der Waals surface area contributed by atoms with Gasteiger partial charge in [0.15, 0.2) is 5.96 Å². The molecule has 0 aromatic heterocycles. The van der Waals surface area contributed by atoms with Crippen molar-refractivity contribution in [1.82, 2.24) is 0 Å². The third kappa shape index (κ3) is 7.74. The summed E-state index contributed by atoms with van der Waals surface area (Å²) in [7, 11) is 0. The smallest absolute Gasteiger partial charge is 0.193 e. The summed E-state index contributed by atoms with van der Waals surface area (Å²) in [5, 5.41) is 3.09. The molecule has 3 N–H and O–H groups in total. The topological polar surface area (TPSA) is 78.1 Å². The van der Waals surface area contributed by atoms with Gasteiger partial charge in [-0.05, 0) is 37.1 Å². The van der Waals surface area contributed by atoms with Gasteiger partial charge in [0.2, 0.25) is 0 Å². The minimum absolute atomic E-state index is 0. The maximum Gasteiger partial charge on any atom is 0.193 e. The first-order chi connectivity index (χ1) is 12.8. The zero-order valence-electron chi connectivity index (χ0n) is 15.2. The van der Waals surface area contributed by atoms with Gasteiger partial charge in [0, 0.05) is 31.5 Å². The fourth-order valence-electron chi connectivity index (χ4n) is 2.61. The Morgan fingerprint density at radius 2 is 1.96 bits per heavy atom. The predicted octanol–water partition coefficient (Wildman–Crippen LogP) is 4.02. The van der Waals surface area contributed by atoms with E-state index in [0.29, 0.717) is 25.7 Å². The number of rotatable bonds is 8. The van der Waals surface area contributed by atoms with Gasteiger partial charge >= 0.3 is 0 Å². The Morgan fingerprint density at radius 1 is 1.15 bits per heavy atom. The van der Waals surface area contributed by atoms with E-state index in [0.717, 1.165) is 36.6 Å². The summed E-state index contributed by atoms with van der Waals surface area (Å²) in [6, 6.07) is 17.3. The van der Waals surface area contributed by atoms with Crippen molar-refractivity contribution < 1.29 is 14.2 Å². The largest absolute Gasteiger partial charge is 0.457 e. The number of hydrogen-bond donors (Lipinski definition) is 2. The molecule has 27 heavy (non-hydrogen) atoms. The number of nitrogens with one attached hydrogen (secondary N) is 1. The third-order valence-corrected chi connectivity index (χ3v) is 3.91. The van der Waals surface area contributed by atoms with Crippen LogP contribution in [0.2, 0.25) is 0 Å². The molecule has 2 aromatic rings. The van der Waals surface area contributed by atoms with Crippen LogP contribution in [0.3, 0.4) is 0 Å². The number of aliphatic imine (C=N–C) groups is 1. The quantitative estimate of drug-likeness (QED) is 0.257. The Morgan fingerprint density at radius 3 is 2.74 bits per heavy atom. The van der Waals surface area contributed by atoms with E-state index in [1.54, 1.807) is 0 Å². The van der Waals surface area contributed by atoms with Crippen LogP contribution in [0.4, 0.5) is 5.69 Å². The second kappa shape index (κ2) is 11.8. The van der Waals surface area contributed by atoms with E-state index in [1.807, 2.05) is 54.6 Å². The average Bonchev–Trinajstić information content (AvgIpc) is 3.16. The lowest BCUT2D eigenvalue weighted by Gasteiger charge is -2.10. The van der Waals surface area contributed by atoms with Crippen LogP contribution < -0.4 is 15.8 Å². The molecule has 0 spiro atoms. The van der Waals surface area contributed by atoms with Gasteiger partial charge in [-0.1, -0.05) is 24.3 Å². The monoisotopic (exact) mass is 483 g/mol. The molecule has 1 atom stereocenters. The van der Waals surface area contributed by atoms with Crippen molar-refractivity contribution in [3.63, 3.8) is 0 Å². The maximum atomic E-state index is 5.95. The molecule has 0 saturated carbocycles. The Bertz CT molecular complexity index is 707. The van der Waals surface area contributed by atoms with Gasteiger partial charge in [-0.15, -0.1) is 24.0 Å². The zero-order valence-corrected chi connectivity index (χ0v) is 17.5. The molecule has 1 aliphatic heterocycles. The highest BCUT2D eigenvalue weighted by atomic mass is 127. The molecule has 146 valence electrons. The number of nitrogens with zero attached hydrogens (tertiary/aromatic N) is 1. The zero-order chi connectivity index (χ0) is 18.0. The normalized spacial score (nSPS) is 16.6. The summed E-state index contributed by atoms with van der Waals surface area (Å²) in [5.74, 6) is 1.91. The summed E-state index contributed by atoms with van der Waals surface area (Å²) in [6.07, 6.45) is 2.05. The predicted molar refractivity (Wildman–Crippen MR) is 118 cm³/mol. The Labute approximate surface area is 177 Å². The van der Waals surface area contributed by atoms with E-state index < -0.39 is 0 Å². The van der Waals surface area contributed by atoms with Gasteiger partial charge < -0.3 is 25.3 Å². The van der Waals surface area contributed by atoms with Crippen LogP contribution >= 0.6 is 24.0 Å². The molecule has 0 radical (unpaired) electrons. The van der Waals surface area contributed by atoms with Gasteiger partial charge in [0.25, 0.3) is 0 Å². The van der Waals surface area contributed by atoms with Crippen molar-refractivity contribution in [3.8, 4) is 11.5 Å². The molecule has 1 saturated heterocycles. The van der Waals surface area contributed by atoms with E-state index in [4.69, 9.17) is 19.9 Å². The lowest BCUT2D eigenvalue weighted by Crippen LogP contribution is -2.23. The molecule has 0 bridgehead atoms. The lowest BCUT2D eigenvalue weighted by atomic mass is 10.3. The highest BCUT2D eigenvalue weighted by molar-refractivity contribution is 14.0. The minimum Gasteiger partial charge on any atom is -0.457 e. The van der Waals surface area contributed by atoms with E-state index in [1.165, 1.54) is 0 Å². The first-order valence-corrected chi connectivity index (χ1v) is 8.89. The Balaban J connectivity index is 0.00000261. The SMILES string of the molecule is I.NC(=NCCCOC1CCOC1)Nc1cccc(Oc2ccccc2)c1. The average molecular weight is 483 g/mol. The molecule has 1 aliphatic rings. The number of hydrogen-bond acceptors (Lipinski definition) is 4. The molecule has 1 fully saturated rings. The summed E-state index contributed by atoms with van der Waals surface area (Å²) in [5.41, 5.74) is 6.78. The highest BCUT2D eigenvalue weighted by Gasteiger charge is 2.15. The Kier molecular flexibility index (Phi) is 9.37. The molecule has 1 unspecified atom stereocenters. The summed E-state index contributed by atoms with van der Waals surface area (Å²) in [4.78, 5) is 4.33. The van der Waals surface area contributed by atoms with E-state index in [-0.39, 0.29) is 30.1 Å². The van der Waals surface area contributed by atoms with Gasteiger partial charge in [0.05, 0.1) is 12.7 Å². The number of benzene rings is 2. The van der Waals surface area contributed by atoms with Crippen LogP contribution in [0, 0.1) is 0 Å². The Hall–Kier alpha value is -1.84. The first kappa shape index (κ1) is 21.5. The van der Waals surface area contributed by atoms with Crippen LogP contribution in [0.25, 0.3) is 0 Å². The van der Waals surface area contributed by atoms with Crippen molar-refractivity contribution >= 4 is 35.6 Å². The molecule has 2 aromatic carbocycles. The minimum atomic E-state index is 0. The van der Waals surface area contributed by atoms with Gasteiger partial charge in [-0.25, -0.2) is 0 Å². The summed E-state index contributed by atoms with van der Waals surface area (Å²) in [6.45, 7) is 2.79. The molecule has 0 aliphatic carbocycles. The fraction of sp³-hybridized carbons (Fsp3) is 0.350. The number of anilines is 1. The number of ether oxygens (including phenoxy) is 3. The van der Waals surface area contributed by atoms with Gasteiger partial charge in [-0.2, -0.15) is 0 Å². The van der Waals surface area contributed by atoms with Crippen LogP contribution in [0.1, 0.15) is 12.8 Å². The van der Waals surface area contributed by atoms with Crippen LogP contribution in [0.15, 0.2) is 59.6 Å².